The van der Waals surface area contributed by atoms with E-state index in [1.807, 2.05) is 6.92 Å². The molecule has 1 atom stereocenters. The van der Waals surface area contributed by atoms with Gasteiger partial charge in [-0.1, -0.05) is 12.1 Å². The van der Waals surface area contributed by atoms with E-state index in [4.69, 9.17) is 4.52 Å². The summed E-state index contributed by atoms with van der Waals surface area (Å²) in [6.45, 7) is 2.00. The maximum Gasteiger partial charge on any atom is 0.273 e. The Morgan fingerprint density at radius 2 is 2.39 bits per heavy atom. The molecule has 0 aliphatic carbocycles. The summed E-state index contributed by atoms with van der Waals surface area (Å²) in [6.07, 6.45) is 3.08. The summed E-state index contributed by atoms with van der Waals surface area (Å²) >= 11 is 0. The van der Waals surface area contributed by atoms with Gasteiger partial charge < -0.3 is 9.84 Å². The van der Waals surface area contributed by atoms with Gasteiger partial charge in [0, 0.05) is 17.9 Å². The average Bonchev–Trinajstić information content (AvgIpc) is 2.86. The van der Waals surface area contributed by atoms with Gasteiger partial charge in [-0.15, -0.1) is 0 Å². The first-order valence-electron chi connectivity index (χ1n) is 5.67. The zero-order valence-corrected chi connectivity index (χ0v) is 10.7. The Labute approximate surface area is 105 Å². The van der Waals surface area contributed by atoms with E-state index in [1.165, 1.54) is 6.08 Å². The number of sulfone groups is 1. The third kappa shape index (κ3) is 2.98. The lowest BCUT2D eigenvalue weighted by molar-refractivity contribution is 0.0938. The van der Waals surface area contributed by atoms with Crippen molar-refractivity contribution >= 4 is 15.7 Å². The molecular formula is C11H14N2O4S. The van der Waals surface area contributed by atoms with Crippen molar-refractivity contribution in [3.8, 4) is 0 Å². The van der Waals surface area contributed by atoms with Crippen LogP contribution in [-0.4, -0.2) is 31.3 Å². The van der Waals surface area contributed by atoms with E-state index in [2.05, 4.69) is 10.5 Å². The normalized spacial score (nSPS) is 21.1. The summed E-state index contributed by atoms with van der Waals surface area (Å²) in [4.78, 5) is 11.8. The van der Waals surface area contributed by atoms with Crippen LogP contribution in [0.5, 0.6) is 0 Å². The second kappa shape index (κ2) is 4.93. The van der Waals surface area contributed by atoms with Crippen LogP contribution in [0.1, 0.15) is 29.6 Å². The predicted molar refractivity (Wildman–Crippen MR) is 64.7 cm³/mol. The van der Waals surface area contributed by atoms with E-state index >= 15 is 0 Å². The number of hydrogen-bond acceptors (Lipinski definition) is 5. The first-order valence-corrected chi connectivity index (χ1v) is 7.39. The topological polar surface area (TPSA) is 89.3 Å². The lowest BCUT2D eigenvalue weighted by Crippen LogP contribution is -2.35. The molecule has 98 valence electrons. The molecule has 0 spiro atoms. The maximum atomic E-state index is 11.8. The third-order valence-corrected chi connectivity index (χ3v) is 3.93. The van der Waals surface area contributed by atoms with Crippen LogP contribution >= 0.6 is 0 Å². The molecule has 0 unspecified atom stereocenters. The highest BCUT2D eigenvalue weighted by Crippen LogP contribution is 2.10. The van der Waals surface area contributed by atoms with Gasteiger partial charge in [0.05, 0.1) is 11.8 Å². The van der Waals surface area contributed by atoms with Gasteiger partial charge in [-0.25, -0.2) is 8.42 Å². The number of nitrogens with one attached hydrogen (secondary N) is 1. The largest absolute Gasteiger partial charge is 0.361 e. The van der Waals surface area contributed by atoms with Crippen LogP contribution in [0.4, 0.5) is 0 Å². The zero-order valence-electron chi connectivity index (χ0n) is 9.92. The Morgan fingerprint density at radius 3 is 3.00 bits per heavy atom. The highest BCUT2D eigenvalue weighted by molar-refractivity contribution is 7.94. The van der Waals surface area contributed by atoms with Crippen molar-refractivity contribution in [1.29, 1.82) is 0 Å². The van der Waals surface area contributed by atoms with Crippen molar-refractivity contribution in [1.82, 2.24) is 10.5 Å². The molecule has 1 aromatic rings. The van der Waals surface area contributed by atoms with E-state index in [0.717, 1.165) is 18.2 Å². The van der Waals surface area contributed by atoms with Crippen LogP contribution in [0.25, 0.3) is 0 Å². The molecule has 1 amide bonds. The Kier molecular flexibility index (Phi) is 3.51. The second-order valence-electron chi connectivity index (χ2n) is 4.17. The van der Waals surface area contributed by atoms with E-state index in [-0.39, 0.29) is 11.4 Å². The number of rotatable bonds is 4. The standard InChI is InChI=1S/C11H14N2O4S/c1-2-3-9-6-10(13-17-9)11(14)12-8-4-5-18(15,16)7-8/h4-6,8H,2-3,7H2,1H3,(H,12,14)/t8-/m0/s1. The highest BCUT2D eigenvalue weighted by Gasteiger charge is 2.24. The number of carbonyl (C=O) groups excluding carboxylic acids is 1. The van der Waals surface area contributed by atoms with Crippen molar-refractivity contribution in [2.24, 2.45) is 0 Å². The zero-order chi connectivity index (χ0) is 13.2. The summed E-state index contributed by atoms with van der Waals surface area (Å²) in [5, 5.41) is 7.35. The van der Waals surface area contributed by atoms with Gasteiger partial charge in [0.15, 0.2) is 15.5 Å². The summed E-state index contributed by atoms with van der Waals surface area (Å²) in [5.41, 5.74) is 0.177. The predicted octanol–water partition coefficient (Wildman–Crippen LogP) is 0.668. The van der Waals surface area contributed by atoms with Gasteiger partial charge in [-0.2, -0.15) is 0 Å². The average molecular weight is 270 g/mol. The minimum absolute atomic E-state index is 0.0988. The molecule has 0 radical (unpaired) electrons. The number of nitrogens with zero attached hydrogens (tertiary/aromatic N) is 1. The van der Waals surface area contributed by atoms with Gasteiger partial charge in [0.2, 0.25) is 0 Å². The van der Waals surface area contributed by atoms with Gasteiger partial charge in [-0.3, -0.25) is 4.79 Å². The fourth-order valence-electron chi connectivity index (χ4n) is 1.69. The summed E-state index contributed by atoms with van der Waals surface area (Å²) in [5.74, 6) is 0.128. The van der Waals surface area contributed by atoms with Crippen LogP contribution in [0.15, 0.2) is 22.1 Å². The lowest BCUT2D eigenvalue weighted by Gasteiger charge is -2.07. The Hall–Kier alpha value is -1.63. The maximum absolute atomic E-state index is 11.8. The third-order valence-electron chi connectivity index (χ3n) is 2.53. The Balaban J connectivity index is 1.98. The number of aryl methyl sites for hydroxylation is 1. The first-order chi connectivity index (χ1) is 8.50. The van der Waals surface area contributed by atoms with E-state index in [1.54, 1.807) is 6.07 Å². The van der Waals surface area contributed by atoms with Crippen molar-refractivity contribution in [3.63, 3.8) is 0 Å². The minimum atomic E-state index is -3.17. The lowest BCUT2D eigenvalue weighted by atomic mass is 10.2. The van der Waals surface area contributed by atoms with Crippen molar-refractivity contribution in [3.05, 3.63) is 29.0 Å². The molecule has 1 N–H and O–H groups in total. The van der Waals surface area contributed by atoms with Gasteiger partial charge in [0.25, 0.3) is 5.91 Å². The fourth-order valence-corrected chi connectivity index (χ4v) is 2.93. The Morgan fingerprint density at radius 1 is 1.61 bits per heavy atom. The van der Waals surface area contributed by atoms with Crippen LogP contribution in [0.2, 0.25) is 0 Å². The van der Waals surface area contributed by atoms with Crippen LogP contribution in [0, 0.1) is 0 Å². The molecule has 0 aromatic carbocycles. The van der Waals surface area contributed by atoms with E-state index in [9.17, 15) is 13.2 Å². The molecule has 7 heteroatoms. The van der Waals surface area contributed by atoms with Crippen LogP contribution in [0.3, 0.4) is 0 Å². The number of amides is 1. The fraction of sp³-hybridized carbons (Fsp3) is 0.455. The molecule has 2 heterocycles. The van der Waals surface area contributed by atoms with E-state index in [0.29, 0.717) is 5.76 Å². The van der Waals surface area contributed by atoms with Gasteiger partial charge >= 0.3 is 0 Å². The summed E-state index contributed by atoms with van der Waals surface area (Å²) in [7, 11) is -3.17. The van der Waals surface area contributed by atoms with Crippen LogP contribution in [-0.2, 0) is 16.3 Å². The molecule has 0 saturated heterocycles. The van der Waals surface area contributed by atoms with Crippen molar-refractivity contribution < 1.29 is 17.7 Å². The smallest absolute Gasteiger partial charge is 0.273 e. The van der Waals surface area contributed by atoms with Gasteiger partial charge in [0.1, 0.15) is 5.76 Å². The first kappa shape index (κ1) is 12.8. The number of carbonyl (C=O) groups is 1. The molecular weight excluding hydrogens is 256 g/mol. The molecule has 0 bridgehead atoms. The molecule has 18 heavy (non-hydrogen) atoms. The molecule has 2 rings (SSSR count). The minimum Gasteiger partial charge on any atom is -0.361 e. The van der Waals surface area contributed by atoms with Crippen LogP contribution < -0.4 is 5.32 Å². The molecule has 0 fully saturated rings. The molecule has 1 aromatic heterocycles. The number of aromatic nitrogens is 1. The van der Waals surface area contributed by atoms with Crippen molar-refractivity contribution in [2.75, 3.05) is 5.75 Å². The molecule has 0 saturated carbocycles. The molecule has 1 aliphatic rings. The number of hydrogen-bond donors (Lipinski definition) is 1. The van der Waals surface area contributed by atoms with E-state index < -0.39 is 21.8 Å². The molecule has 6 nitrogen and oxygen atoms in total. The monoisotopic (exact) mass is 270 g/mol. The second-order valence-corrected chi connectivity index (χ2v) is 6.10. The Bertz CT molecular complexity index is 574. The van der Waals surface area contributed by atoms with Crippen molar-refractivity contribution in [2.45, 2.75) is 25.8 Å². The molecule has 1 aliphatic heterocycles. The summed E-state index contributed by atoms with van der Waals surface area (Å²) < 4.78 is 27.3. The highest BCUT2D eigenvalue weighted by atomic mass is 32.2. The quantitative estimate of drug-likeness (QED) is 0.868. The SMILES string of the molecule is CCCc1cc(C(=O)N[C@H]2C=CS(=O)(=O)C2)no1. The summed E-state index contributed by atoms with van der Waals surface area (Å²) in [6, 6.07) is 1.08. The van der Waals surface area contributed by atoms with Gasteiger partial charge in [-0.05, 0) is 12.5 Å².